The van der Waals surface area contributed by atoms with Crippen LogP contribution in [0.5, 0.6) is 0 Å². The van der Waals surface area contributed by atoms with Crippen LogP contribution in [-0.4, -0.2) is 48.3 Å². The van der Waals surface area contributed by atoms with Crippen LogP contribution in [0.25, 0.3) is 0 Å². The normalized spacial score (nSPS) is 33.7. The molecule has 0 aromatic carbocycles. The molecule has 1 saturated heterocycles. The molecule has 1 saturated carbocycles. The van der Waals surface area contributed by atoms with Crippen LogP contribution in [0.15, 0.2) is 0 Å². The summed E-state index contributed by atoms with van der Waals surface area (Å²) in [6.07, 6.45) is 7.65. The first-order valence-corrected chi connectivity index (χ1v) is 7.17. The van der Waals surface area contributed by atoms with Crippen LogP contribution in [0.3, 0.4) is 0 Å². The van der Waals surface area contributed by atoms with Crippen LogP contribution in [0.2, 0.25) is 0 Å². The topological polar surface area (TPSA) is 49.8 Å². The molecule has 2 rings (SSSR count). The first-order chi connectivity index (χ1) is 8.69. The average Bonchev–Trinajstić information content (AvgIpc) is 2.85. The van der Waals surface area contributed by atoms with E-state index in [0.29, 0.717) is 24.5 Å². The number of carboxylic acids is 1. The Balaban J connectivity index is 1.70. The summed E-state index contributed by atoms with van der Waals surface area (Å²) in [4.78, 5) is 13.2. The Bertz CT molecular complexity index is 274. The van der Waals surface area contributed by atoms with E-state index in [-0.39, 0.29) is 0 Å². The summed E-state index contributed by atoms with van der Waals surface area (Å²) in [6.45, 7) is 2.27. The molecule has 18 heavy (non-hydrogen) atoms. The summed E-state index contributed by atoms with van der Waals surface area (Å²) in [5, 5.41) is 8.72. The Morgan fingerprint density at radius 3 is 2.61 bits per heavy atom. The molecule has 0 aromatic rings. The zero-order valence-corrected chi connectivity index (χ0v) is 11.3. The summed E-state index contributed by atoms with van der Waals surface area (Å²) in [5.74, 6) is -0.0599. The van der Waals surface area contributed by atoms with Crippen LogP contribution in [0, 0.1) is 5.92 Å². The molecular formula is C14H25NO3. The number of carboxylic acid groups (broad SMARTS) is 1. The lowest BCUT2D eigenvalue weighted by atomic mass is 9.92. The summed E-state index contributed by atoms with van der Waals surface area (Å²) in [6, 6.07) is 0.714. The Morgan fingerprint density at radius 2 is 2.00 bits per heavy atom. The van der Waals surface area contributed by atoms with Crippen LogP contribution >= 0.6 is 0 Å². The Morgan fingerprint density at radius 1 is 1.28 bits per heavy atom. The van der Waals surface area contributed by atoms with E-state index in [2.05, 4.69) is 4.90 Å². The van der Waals surface area contributed by atoms with Crippen molar-refractivity contribution < 1.29 is 14.6 Å². The van der Waals surface area contributed by atoms with Crippen molar-refractivity contribution in [3.63, 3.8) is 0 Å². The quantitative estimate of drug-likeness (QED) is 0.817. The van der Waals surface area contributed by atoms with E-state index >= 15 is 0 Å². The first kappa shape index (κ1) is 13.8. The van der Waals surface area contributed by atoms with Crippen LogP contribution < -0.4 is 0 Å². The van der Waals surface area contributed by atoms with E-state index in [1.807, 2.05) is 7.11 Å². The molecular weight excluding hydrogens is 230 g/mol. The Kier molecular flexibility index (Phi) is 5.01. The molecule has 1 aliphatic carbocycles. The number of aliphatic carboxylic acids is 1. The summed E-state index contributed by atoms with van der Waals surface area (Å²) in [7, 11) is 1.81. The number of nitrogens with zero attached hydrogens (tertiary/aromatic N) is 1. The minimum Gasteiger partial charge on any atom is -0.481 e. The minimum atomic E-state index is -0.658. The monoisotopic (exact) mass is 255 g/mol. The molecule has 1 atom stereocenters. The van der Waals surface area contributed by atoms with E-state index < -0.39 is 5.97 Å². The maximum atomic E-state index is 10.6. The molecule has 104 valence electrons. The zero-order chi connectivity index (χ0) is 13.0. The van der Waals surface area contributed by atoms with Gasteiger partial charge in [0, 0.05) is 26.1 Å². The van der Waals surface area contributed by atoms with E-state index in [4.69, 9.17) is 9.84 Å². The zero-order valence-electron chi connectivity index (χ0n) is 11.3. The fourth-order valence-corrected chi connectivity index (χ4v) is 3.40. The van der Waals surface area contributed by atoms with Crippen molar-refractivity contribution >= 4 is 5.97 Å². The third kappa shape index (κ3) is 3.69. The highest BCUT2D eigenvalue weighted by Gasteiger charge is 2.31. The largest absolute Gasteiger partial charge is 0.481 e. The fourth-order valence-electron chi connectivity index (χ4n) is 3.40. The molecule has 0 bridgehead atoms. The highest BCUT2D eigenvalue weighted by Crippen LogP contribution is 2.30. The number of methoxy groups -OCH3 is 1. The van der Waals surface area contributed by atoms with Gasteiger partial charge in [-0.2, -0.15) is 0 Å². The molecule has 0 aromatic heterocycles. The lowest BCUT2D eigenvalue weighted by Gasteiger charge is -2.34. The highest BCUT2D eigenvalue weighted by atomic mass is 16.5. The highest BCUT2D eigenvalue weighted by molar-refractivity contribution is 5.66. The molecule has 1 heterocycles. The van der Waals surface area contributed by atoms with Crippen molar-refractivity contribution in [1.29, 1.82) is 0 Å². The van der Waals surface area contributed by atoms with Gasteiger partial charge in [-0.05, 0) is 51.0 Å². The lowest BCUT2D eigenvalue weighted by Crippen LogP contribution is -2.38. The van der Waals surface area contributed by atoms with E-state index in [1.54, 1.807) is 0 Å². The number of ether oxygens (including phenoxy) is 1. The first-order valence-electron chi connectivity index (χ1n) is 7.17. The third-order valence-electron chi connectivity index (χ3n) is 4.58. The molecule has 2 fully saturated rings. The average molecular weight is 255 g/mol. The van der Waals surface area contributed by atoms with Crippen molar-refractivity contribution in [2.24, 2.45) is 5.92 Å². The third-order valence-corrected chi connectivity index (χ3v) is 4.58. The van der Waals surface area contributed by atoms with Gasteiger partial charge in [0.2, 0.25) is 0 Å². The Labute approximate surface area is 109 Å². The second kappa shape index (κ2) is 6.53. The smallest absolute Gasteiger partial charge is 0.303 e. The van der Waals surface area contributed by atoms with E-state index in [9.17, 15) is 4.79 Å². The van der Waals surface area contributed by atoms with Crippen molar-refractivity contribution in [3.05, 3.63) is 0 Å². The van der Waals surface area contributed by atoms with Crippen molar-refractivity contribution in [1.82, 2.24) is 4.90 Å². The molecule has 1 N–H and O–H groups in total. The van der Waals surface area contributed by atoms with Gasteiger partial charge in [0.25, 0.3) is 0 Å². The van der Waals surface area contributed by atoms with Gasteiger partial charge in [-0.25, -0.2) is 0 Å². The molecule has 2 aliphatic rings. The van der Waals surface area contributed by atoms with E-state index in [1.165, 1.54) is 32.1 Å². The van der Waals surface area contributed by atoms with Crippen molar-refractivity contribution in [2.45, 2.75) is 57.1 Å². The molecule has 0 amide bonds. The van der Waals surface area contributed by atoms with Gasteiger partial charge in [-0.1, -0.05) is 0 Å². The van der Waals surface area contributed by atoms with Crippen LogP contribution in [0.4, 0.5) is 0 Å². The summed E-state index contributed by atoms with van der Waals surface area (Å²) in [5.41, 5.74) is 0. The SMILES string of the molecule is COC1CCC(N2CCC(CCC(=O)O)C2)CC1. The number of likely N-dealkylation sites (tertiary alicyclic amines) is 1. The van der Waals surface area contributed by atoms with Gasteiger partial charge in [-0.15, -0.1) is 0 Å². The second-order valence-corrected chi connectivity index (χ2v) is 5.75. The Hall–Kier alpha value is -0.610. The molecule has 0 radical (unpaired) electrons. The molecule has 0 spiro atoms. The van der Waals surface area contributed by atoms with Gasteiger partial charge in [-0.3, -0.25) is 4.79 Å². The maximum Gasteiger partial charge on any atom is 0.303 e. The lowest BCUT2D eigenvalue weighted by molar-refractivity contribution is -0.137. The van der Waals surface area contributed by atoms with Gasteiger partial charge in [0.1, 0.15) is 0 Å². The van der Waals surface area contributed by atoms with Crippen LogP contribution in [-0.2, 0) is 9.53 Å². The van der Waals surface area contributed by atoms with Gasteiger partial charge in [0.15, 0.2) is 0 Å². The van der Waals surface area contributed by atoms with Gasteiger partial charge in [0.05, 0.1) is 6.10 Å². The summed E-state index contributed by atoms with van der Waals surface area (Å²) >= 11 is 0. The maximum absolute atomic E-state index is 10.6. The minimum absolute atomic E-state index is 0.328. The van der Waals surface area contributed by atoms with Crippen LogP contribution in [0.1, 0.15) is 44.9 Å². The molecule has 1 aliphatic heterocycles. The number of hydrogen-bond donors (Lipinski definition) is 1. The predicted octanol–water partition coefficient (Wildman–Crippen LogP) is 2.13. The number of rotatable bonds is 5. The number of hydrogen-bond acceptors (Lipinski definition) is 3. The molecule has 4 nitrogen and oxygen atoms in total. The molecule has 1 unspecified atom stereocenters. The second-order valence-electron chi connectivity index (χ2n) is 5.75. The summed E-state index contributed by atoms with van der Waals surface area (Å²) < 4.78 is 5.40. The standard InChI is InChI=1S/C14H25NO3/c1-18-13-5-3-12(4-6-13)15-9-8-11(10-15)2-7-14(16)17/h11-13H,2-10H2,1H3,(H,16,17). The van der Waals surface area contributed by atoms with Crippen molar-refractivity contribution in [2.75, 3.05) is 20.2 Å². The van der Waals surface area contributed by atoms with Crippen molar-refractivity contribution in [3.8, 4) is 0 Å². The predicted molar refractivity (Wildman–Crippen MR) is 69.6 cm³/mol. The molecule has 4 heteroatoms. The van der Waals surface area contributed by atoms with E-state index in [0.717, 1.165) is 19.5 Å². The fraction of sp³-hybridized carbons (Fsp3) is 0.929. The van der Waals surface area contributed by atoms with Gasteiger partial charge < -0.3 is 14.7 Å². The number of carbonyl (C=O) groups is 1. The van der Waals surface area contributed by atoms with Gasteiger partial charge >= 0.3 is 5.97 Å².